The van der Waals surface area contributed by atoms with E-state index in [2.05, 4.69) is 10.2 Å². The van der Waals surface area contributed by atoms with Crippen LogP contribution in [-0.4, -0.2) is 58.7 Å². The van der Waals surface area contributed by atoms with Gasteiger partial charge < -0.3 is 14.5 Å². The number of alkyl halides is 3. The number of anilines is 1. The predicted octanol–water partition coefficient (Wildman–Crippen LogP) is 2.72. The van der Waals surface area contributed by atoms with Crippen molar-refractivity contribution in [2.24, 2.45) is 0 Å². The molecule has 0 saturated carbocycles. The number of methoxy groups -OCH3 is 1. The molecule has 3 heterocycles. The maximum atomic E-state index is 13.0. The van der Waals surface area contributed by atoms with E-state index in [9.17, 15) is 18.0 Å². The zero-order valence-corrected chi connectivity index (χ0v) is 15.6. The first-order valence-corrected chi connectivity index (χ1v) is 8.97. The minimum atomic E-state index is -4.45. The fourth-order valence-corrected chi connectivity index (χ4v) is 3.31. The SMILES string of the molecule is COc1cccc(C(=O)N2CCN(c3nnc4ccc(C(F)(F)F)cn34)CC2)c1. The van der Waals surface area contributed by atoms with Crippen LogP contribution >= 0.6 is 0 Å². The number of pyridine rings is 1. The highest BCUT2D eigenvalue weighted by atomic mass is 19.4. The molecule has 10 heteroatoms. The first kappa shape index (κ1) is 19.0. The number of ether oxygens (including phenoxy) is 1. The molecular weight excluding hydrogens is 387 g/mol. The van der Waals surface area contributed by atoms with E-state index in [1.165, 1.54) is 17.6 Å². The second-order valence-electron chi connectivity index (χ2n) is 6.65. The maximum absolute atomic E-state index is 13.0. The van der Waals surface area contributed by atoms with Gasteiger partial charge in [0.25, 0.3) is 5.91 Å². The summed E-state index contributed by atoms with van der Waals surface area (Å²) in [6.45, 7) is 1.72. The highest BCUT2D eigenvalue weighted by Crippen LogP contribution is 2.30. The summed E-state index contributed by atoms with van der Waals surface area (Å²) >= 11 is 0. The maximum Gasteiger partial charge on any atom is 0.417 e. The van der Waals surface area contributed by atoms with E-state index in [0.29, 0.717) is 49.1 Å². The van der Waals surface area contributed by atoms with Crippen molar-refractivity contribution in [1.29, 1.82) is 0 Å². The third kappa shape index (κ3) is 3.69. The lowest BCUT2D eigenvalue weighted by atomic mass is 10.1. The third-order valence-electron chi connectivity index (χ3n) is 4.88. The molecule has 7 nitrogen and oxygen atoms in total. The van der Waals surface area contributed by atoms with Gasteiger partial charge in [0.1, 0.15) is 5.75 Å². The van der Waals surface area contributed by atoms with Gasteiger partial charge in [0.2, 0.25) is 5.95 Å². The molecule has 29 heavy (non-hydrogen) atoms. The lowest BCUT2D eigenvalue weighted by molar-refractivity contribution is -0.137. The van der Waals surface area contributed by atoms with Gasteiger partial charge in [-0.25, -0.2) is 0 Å². The van der Waals surface area contributed by atoms with Crippen LogP contribution in [0.5, 0.6) is 5.75 Å². The van der Waals surface area contributed by atoms with Crippen molar-refractivity contribution >= 4 is 17.5 Å². The number of piperazine rings is 1. The van der Waals surface area contributed by atoms with Gasteiger partial charge in [0.05, 0.1) is 12.7 Å². The predicted molar refractivity (Wildman–Crippen MR) is 99.1 cm³/mol. The number of carbonyl (C=O) groups excluding carboxylic acids is 1. The summed E-state index contributed by atoms with van der Waals surface area (Å²) < 4.78 is 45.6. The molecule has 1 fully saturated rings. The number of rotatable bonds is 3. The van der Waals surface area contributed by atoms with E-state index in [0.717, 1.165) is 12.3 Å². The Morgan fingerprint density at radius 1 is 1.07 bits per heavy atom. The fourth-order valence-electron chi connectivity index (χ4n) is 3.31. The van der Waals surface area contributed by atoms with Gasteiger partial charge in [-0.15, -0.1) is 10.2 Å². The van der Waals surface area contributed by atoms with Gasteiger partial charge in [-0.05, 0) is 30.3 Å². The molecule has 0 aliphatic carbocycles. The number of benzene rings is 1. The zero-order valence-electron chi connectivity index (χ0n) is 15.6. The van der Waals surface area contributed by atoms with Gasteiger partial charge in [0, 0.05) is 37.9 Å². The summed E-state index contributed by atoms with van der Waals surface area (Å²) in [6, 6.07) is 9.20. The lowest BCUT2D eigenvalue weighted by Gasteiger charge is -2.34. The Morgan fingerprint density at radius 3 is 2.52 bits per heavy atom. The largest absolute Gasteiger partial charge is 0.497 e. The third-order valence-corrected chi connectivity index (χ3v) is 4.88. The quantitative estimate of drug-likeness (QED) is 0.671. The van der Waals surface area contributed by atoms with Gasteiger partial charge in [-0.3, -0.25) is 9.20 Å². The molecular formula is C19H18F3N5O2. The molecule has 3 aromatic rings. The molecule has 0 spiro atoms. The Balaban J connectivity index is 1.50. The van der Waals surface area contributed by atoms with Crippen molar-refractivity contribution in [3.05, 3.63) is 53.7 Å². The van der Waals surface area contributed by atoms with Gasteiger partial charge in [-0.2, -0.15) is 13.2 Å². The van der Waals surface area contributed by atoms with E-state index in [-0.39, 0.29) is 5.91 Å². The van der Waals surface area contributed by atoms with Crippen molar-refractivity contribution in [2.45, 2.75) is 6.18 Å². The molecule has 2 aromatic heterocycles. The summed E-state index contributed by atoms with van der Waals surface area (Å²) in [7, 11) is 1.54. The molecule has 0 N–H and O–H groups in total. The molecule has 1 aromatic carbocycles. The molecule has 0 atom stereocenters. The highest BCUT2D eigenvalue weighted by molar-refractivity contribution is 5.94. The van der Waals surface area contributed by atoms with Crippen molar-refractivity contribution in [1.82, 2.24) is 19.5 Å². The minimum absolute atomic E-state index is 0.117. The van der Waals surface area contributed by atoms with Crippen molar-refractivity contribution in [3.8, 4) is 5.75 Å². The van der Waals surface area contributed by atoms with Crippen LogP contribution in [-0.2, 0) is 6.18 Å². The van der Waals surface area contributed by atoms with Crippen LogP contribution < -0.4 is 9.64 Å². The average Bonchev–Trinajstić information content (AvgIpc) is 3.16. The lowest BCUT2D eigenvalue weighted by Crippen LogP contribution is -2.49. The summed E-state index contributed by atoms with van der Waals surface area (Å²) in [5, 5.41) is 7.99. The standard InChI is InChI=1S/C19H18F3N5O2/c1-29-15-4-2-3-13(11-15)17(28)25-7-9-26(10-8-25)18-24-23-16-6-5-14(12-27(16)18)19(20,21)22/h2-6,11-12H,7-10H2,1H3. The van der Waals surface area contributed by atoms with E-state index in [1.807, 2.05) is 4.90 Å². The van der Waals surface area contributed by atoms with Crippen LogP contribution in [0.1, 0.15) is 15.9 Å². The molecule has 1 aliphatic rings. The molecule has 152 valence electrons. The van der Waals surface area contributed by atoms with E-state index >= 15 is 0 Å². The molecule has 1 saturated heterocycles. The Hall–Kier alpha value is -3.30. The molecule has 0 bridgehead atoms. The van der Waals surface area contributed by atoms with Crippen LogP contribution in [0.3, 0.4) is 0 Å². The summed E-state index contributed by atoms with van der Waals surface area (Å²) in [5.74, 6) is 0.818. The number of nitrogens with zero attached hydrogens (tertiary/aromatic N) is 5. The number of fused-ring (bicyclic) bond motifs is 1. The van der Waals surface area contributed by atoms with E-state index in [4.69, 9.17) is 4.74 Å². The van der Waals surface area contributed by atoms with Gasteiger partial charge >= 0.3 is 6.18 Å². The fraction of sp³-hybridized carbons (Fsp3) is 0.316. The first-order valence-electron chi connectivity index (χ1n) is 8.97. The second kappa shape index (κ2) is 7.26. The van der Waals surface area contributed by atoms with E-state index in [1.54, 1.807) is 29.2 Å². The normalized spacial score (nSPS) is 15.0. The number of hydrogen-bond donors (Lipinski definition) is 0. The minimum Gasteiger partial charge on any atom is -0.497 e. The van der Waals surface area contributed by atoms with Crippen LogP contribution in [0.4, 0.5) is 19.1 Å². The summed E-state index contributed by atoms with van der Waals surface area (Å²) in [5.41, 5.74) is 0.0984. The topological polar surface area (TPSA) is 63.0 Å². The van der Waals surface area contributed by atoms with Crippen molar-refractivity contribution in [3.63, 3.8) is 0 Å². The number of hydrogen-bond acceptors (Lipinski definition) is 5. The first-order chi connectivity index (χ1) is 13.9. The molecule has 1 aliphatic heterocycles. The molecule has 1 amide bonds. The van der Waals surface area contributed by atoms with Crippen LogP contribution in [0.2, 0.25) is 0 Å². The summed E-state index contributed by atoms with van der Waals surface area (Å²) in [4.78, 5) is 16.3. The van der Waals surface area contributed by atoms with E-state index < -0.39 is 11.7 Å². The van der Waals surface area contributed by atoms with Crippen LogP contribution in [0, 0.1) is 0 Å². The van der Waals surface area contributed by atoms with Gasteiger partial charge in [0.15, 0.2) is 5.65 Å². The Kier molecular flexibility index (Phi) is 4.77. The monoisotopic (exact) mass is 405 g/mol. The molecule has 0 radical (unpaired) electrons. The Morgan fingerprint density at radius 2 is 1.83 bits per heavy atom. The number of halogens is 3. The second-order valence-corrected chi connectivity index (χ2v) is 6.65. The van der Waals surface area contributed by atoms with Crippen LogP contribution in [0.25, 0.3) is 5.65 Å². The highest BCUT2D eigenvalue weighted by Gasteiger charge is 2.32. The number of amides is 1. The Bertz CT molecular complexity index is 1040. The van der Waals surface area contributed by atoms with Crippen LogP contribution in [0.15, 0.2) is 42.6 Å². The summed E-state index contributed by atoms with van der Waals surface area (Å²) in [6.07, 6.45) is -3.45. The average molecular weight is 405 g/mol. The number of aromatic nitrogens is 3. The van der Waals surface area contributed by atoms with Gasteiger partial charge in [-0.1, -0.05) is 6.07 Å². The van der Waals surface area contributed by atoms with Crippen molar-refractivity contribution < 1.29 is 22.7 Å². The smallest absolute Gasteiger partial charge is 0.417 e. The molecule has 4 rings (SSSR count). The number of carbonyl (C=O) groups is 1. The Labute approximate surface area is 164 Å². The van der Waals surface area contributed by atoms with Crippen molar-refractivity contribution in [2.75, 3.05) is 38.2 Å². The zero-order chi connectivity index (χ0) is 20.6. The molecule has 0 unspecified atom stereocenters.